The number of aliphatic hydroxyl groups excluding tert-OH is 1. The molecule has 1 unspecified atom stereocenters. The number of nitrogens with one attached hydrogen (secondary N) is 3. The average Bonchev–Trinajstić information content (AvgIpc) is 3.66. The quantitative estimate of drug-likeness (QED) is 0.252. The highest BCUT2D eigenvalue weighted by Gasteiger charge is 2.20. The zero-order valence-corrected chi connectivity index (χ0v) is 23.5. The molecule has 4 N–H and O–H groups in total. The Hall–Kier alpha value is -3.88. The predicted molar refractivity (Wildman–Crippen MR) is 159 cm³/mol. The normalized spacial score (nSPS) is 16.7. The fourth-order valence-corrected chi connectivity index (χ4v) is 5.41. The van der Waals surface area contributed by atoms with Crippen molar-refractivity contribution in [2.24, 2.45) is 0 Å². The van der Waals surface area contributed by atoms with Crippen LogP contribution in [0.5, 0.6) is 0 Å². The fraction of sp³-hybridized carbons (Fsp3) is 0.419. The lowest BCUT2D eigenvalue weighted by molar-refractivity contribution is 0.0567. The van der Waals surface area contributed by atoms with Gasteiger partial charge < -0.3 is 34.8 Å². The Labute approximate surface area is 239 Å². The van der Waals surface area contributed by atoms with Gasteiger partial charge in [0.1, 0.15) is 5.58 Å². The smallest absolute Gasteiger partial charge is 0.373 e. The molecule has 0 radical (unpaired) electrons. The molecule has 216 valence electrons. The number of carbonyl (C=O) groups excluding carboxylic acids is 1. The lowest BCUT2D eigenvalue weighted by atomic mass is 10.0. The van der Waals surface area contributed by atoms with E-state index in [1.54, 1.807) is 12.1 Å². The monoisotopic (exact) mass is 558 g/mol. The second-order valence-electron chi connectivity index (χ2n) is 10.4. The number of esters is 1. The summed E-state index contributed by atoms with van der Waals surface area (Å²) >= 11 is 0. The average molecular weight is 559 g/mol. The zero-order chi connectivity index (χ0) is 28.6. The summed E-state index contributed by atoms with van der Waals surface area (Å²) in [7, 11) is 1.34. The van der Waals surface area contributed by atoms with Crippen molar-refractivity contribution in [1.29, 1.82) is 5.26 Å². The van der Waals surface area contributed by atoms with Gasteiger partial charge in [-0.3, -0.25) is 4.90 Å². The van der Waals surface area contributed by atoms with Crippen LogP contribution in [0.4, 0.5) is 5.69 Å². The lowest BCUT2D eigenvalue weighted by Gasteiger charge is -2.36. The zero-order valence-electron chi connectivity index (χ0n) is 23.5. The number of hydrogen-bond donors (Lipinski definition) is 4. The molecule has 2 aromatic heterocycles. The van der Waals surface area contributed by atoms with E-state index in [-0.39, 0.29) is 5.76 Å². The number of nitrogens with zero attached hydrogens (tertiary/aromatic N) is 3. The molecule has 41 heavy (non-hydrogen) atoms. The third-order valence-corrected chi connectivity index (χ3v) is 7.73. The topological polar surface area (TPSA) is 130 Å². The lowest BCUT2D eigenvalue weighted by Crippen LogP contribution is -2.46. The van der Waals surface area contributed by atoms with Gasteiger partial charge in [0.15, 0.2) is 0 Å². The Morgan fingerprint density at radius 1 is 1.07 bits per heavy atom. The summed E-state index contributed by atoms with van der Waals surface area (Å²) in [4.78, 5) is 19.7. The molecule has 6 rings (SSSR count). The van der Waals surface area contributed by atoms with Crippen LogP contribution in [0.3, 0.4) is 0 Å². The molecule has 10 heteroatoms. The number of furan rings is 1. The second kappa shape index (κ2) is 13.7. The van der Waals surface area contributed by atoms with Gasteiger partial charge in [0, 0.05) is 86.1 Å². The molecule has 0 aliphatic carbocycles. The van der Waals surface area contributed by atoms with Crippen LogP contribution in [0.25, 0.3) is 21.9 Å². The summed E-state index contributed by atoms with van der Waals surface area (Å²) in [5.74, 6) is -0.261. The molecule has 4 aromatic rings. The Morgan fingerprint density at radius 3 is 2.51 bits per heavy atom. The van der Waals surface area contributed by atoms with E-state index in [4.69, 9.17) is 14.4 Å². The number of carbonyl (C=O) groups is 1. The highest BCUT2D eigenvalue weighted by Crippen LogP contribution is 2.29. The van der Waals surface area contributed by atoms with E-state index in [0.717, 1.165) is 92.9 Å². The maximum Gasteiger partial charge on any atom is 0.373 e. The van der Waals surface area contributed by atoms with E-state index in [9.17, 15) is 9.90 Å². The number of anilines is 1. The van der Waals surface area contributed by atoms with Crippen LogP contribution in [0.15, 0.2) is 53.1 Å². The van der Waals surface area contributed by atoms with Crippen LogP contribution < -0.4 is 15.5 Å². The Morgan fingerprint density at radius 2 is 1.83 bits per heavy atom. The molecular formula is C31H38N6O4. The van der Waals surface area contributed by atoms with Gasteiger partial charge in [0.25, 0.3) is 0 Å². The first-order valence-corrected chi connectivity index (χ1v) is 14.3. The van der Waals surface area contributed by atoms with E-state index < -0.39 is 12.1 Å². The van der Waals surface area contributed by atoms with Gasteiger partial charge in [0.2, 0.25) is 5.76 Å². The molecule has 2 aliphatic rings. The third kappa shape index (κ3) is 7.07. The molecule has 0 spiro atoms. The van der Waals surface area contributed by atoms with Crippen LogP contribution in [0.1, 0.15) is 40.6 Å². The van der Waals surface area contributed by atoms with E-state index in [1.165, 1.54) is 7.11 Å². The minimum Gasteiger partial charge on any atom is -0.463 e. The summed E-state index contributed by atoms with van der Waals surface area (Å²) in [6.45, 7) is 9.21. The van der Waals surface area contributed by atoms with Crippen LogP contribution in [0.2, 0.25) is 0 Å². The van der Waals surface area contributed by atoms with Crippen molar-refractivity contribution in [1.82, 2.24) is 20.5 Å². The number of aromatic nitrogens is 1. The number of methoxy groups -OCH3 is 1. The highest BCUT2D eigenvalue weighted by molar-refractivity contribution is 5.93. The third-order valence-electron chi connectivity index (χ3n) is 7.73. The molecule has 4 heterocycles. The van der Waals surface area contributed by atoms with E-state index in [1.807, 2.05) is 30.5 Å². The second-order valence-corrected chi connectivity index (χ2v) is 10.4. The van der Waals surface area contributed by atoms with Crippen LogP contribution in [-0.4, -0.2) is 87.0 Å². The SMILES string of the molecule is C1CNCCN1.COC(=O)c1cc2cc(N3CCN(CCCC(O)c4c[nH]c5ccc(C#N)cc45)CC3)ccc2o1. The molecule has 10 nitrogen and oxygen atoms in total. The first kappa shape index (κ1) is 28.6. The number of aliphatic hydroxyl groups is 1. The molecule has 2 fully saturated rings. The number of benzene rings is 2. The van der Waals surface area contributed by atoms with Gasteiger partial charge in [-0.1, -0.05) is 0 Å². The number of aromatic amines is 1. The number of piperazine rings is 2. The number of nitriles is 1. The largest absolute Gasteiger partial charge is 0.463 e. The molecule has 0 saturated carbocycles. The van der Waals surface area contributed by atoms with Crippen molar-refractivity contribution >= 4 is 33.5 Å². The number of hydrogen-bond acceptors (Lipinski definition) is 9. The van der Waals surface area contributed by atoms with Crippen molar-refractivity contribution in [2.45, 2.75) is 18.9 Å². The number of rotatable bonds is 7. The van der Waals surface area contributed by atoms with Gasteiger partial charge in [-0.05, 0) is 61.9 Å². The van der Waals surface area contributed by atoms with Gasteiger partial charge >= 0.3 is 5.97 Å². The van der Waals surface area contributed by atoms with Crippen LogP contribution >= 0.6 is 0 Å². The molecule has 1 atom stereocenters. The molecular weight excluding hydrogens is 520 g/mol. The maximum atomic E-state index is 11.7. The van der Waals surface area contributed by atoms with Crippen LogP contribution in [-0.2, 0) is 4.74 Å². The number of fused-ring (bicyclic) bond motifs is 2. The molecule has 0 amide bonds. The van der Waals surface area contributed by atoms with Crippen molar-refractivity contribution in [3.05, 3.63) is 65.5 Å². The summed E-state index contributed by atoms with van der Waals surface area (Å²) in [6.07, 6.45) is 2.85. The van der Waals surface area contributed by atoms with Crippen molar-refractivity contribution in [3.63, 3.8) is 0 Å². The standard InChI is InChI=1S/C27H28N4O4.C4H10N2/c1-34-27(33)26-15-19-14-20(5-7-25(19)35-26)31-11-9-30(10-12-31)8-2-3-24(32)22-17-29-23-6-4-18(16-28)13-21(22)23;1-2-6-4-3-5-1/h4-7,13-15,17,24,29,32H,2-3,8-12H2,1H3;5-6H,1-4H2. The minimum atomic E-state index is -0.560. The van der Waals surface area contributed by atoms with Crippen molar-refractivity contribution in [2.75, 3.05) is 70.9 Å². The Bertz CT molecular complexity index is 1480. The number of H-pyrrole nitrogens is 1. The summed E-state index contributed by atoms with van der Waals surface area (Å²) < 4.78 is 10.3. The van der Waals surface area contributed by atoms with Gasteiger partial charge in [-0.2, -0.15) is 5.26 Å². The Balaban J connectivity index is 0.000000500. The van der Waals surface area contributed by atoms with Gasteiger partial charge in [-0.25, -0.2) is 4.79 Å². The van der Waals surface area contributed by atoms with Crippen molar-refractivity contribution < 1.29 is 19.1 Å². The summed E-state index contributed by atoms with van der Waals surface area (Å²) in [5, 5.41) is 28.2. The van der Waals surface area contributed by atoms with E-state index >= 15 is 0 Å². The van der Waals surface area contributed by atoms with Gasteiger partial charge in [-0.15, -0.1) is 0 Å². The number of ether oxygens (including phenoxy) is 1. The van der Waals surface area contributed by atoms with Crippen molar-refractivity contribution in [3.8, 4) is 6.07 Å². The Kier molecular flexibility index (Phi) is 9.54. The minimum absolute atomic E-state index is 0.213. The summed E-state index contributed by atoms with van der Waals surface area (Å²) in [5.41, 5.74) is 4.17. The van der Waals surface area contributed by atoms with Gasteiger partial charge in [0.05, 0.1) is 24.8 Å². The molecule has 2 saturated heterocycles. The van der Waals surface area contributed by atoms with Crippen LogP contribution in [0, 0.1) is 11.3 Å². The fourth-order valence-electron chi connectivity index (χ4n) is 5.41. The highest BCUT2D eigenvalue weighted by atomic mass is 16.5. The summed E-state index contributed by atoms with van der Waals surface area (Å²) in [6, 6.07) is 15.4. The molecule has 2 aliphatic heterocycles. The van der Waals surface area contributed by atoms with E-state index in [0.29, 0.717) is 17.6 Å². The molecule has 0 bridgehead atoms. The van der Waals surface area contributed by atoms with E-state index in [2.05, 4.69) is 37.6 Å². The predicted octanol–water partition coefficient (Wildman–Crippen LogP) is 3.39. The maximum absolute atomic E-state index is 11.7. The molecule has 2 aromatic carbocycles. The first-order chi connectivity index (χ1) is 20.1. The first-order valence-electron chi connectivity index (χ1n) is 14.3.